The van der Waals surface area contributed by atoms with E-state index in [-0.39, 0.29) is 11.7 Å². The van der Waals surface area contributed by atoms with E-state index >= 15 is 0 Å². The summed E-state index contributed by atoms with van der Waals surface area (Å²) in [6, 6.07) is 6.33. The molecule has 0 saturated carbocycles. The number of hydrogen-bond acceptors (Lipinski definition) is 2. The molecule has 0 atom stereocenters. The quantitative estimate of drug-likeness (QED) is 0.916. The Morgan fingerprint density at radius 1 is 1.29 bits per heavy atom. The molecule has 2 rings (SSSR count). The normalized spacial score (nSPS) is 10.7. The Balaban J connectivity index is 1.83. The van der Waals surface area contributed by atoms with Crippen LogP contribution in [-0.2, 0) is 24.7 Å². The molecule has 5 heteroatoms. The summed E-state index contributed by atoms with van der Waals surface area (Å²) in [5.41, 5.74) is 3.90. The first kappa shape index (κ1) is 15.2. The van der Waals surface area contributed by atoms with E-state index in [1.807, 2.05) is 20.9 Å². The third kappa shape index (κ3) is 3.90. The Labute approximate surface area is 124 Å². The maximum atomic E-state index is 12.8. The molecule has 0 bridgehead atoms. The van der Waals surface area contributed by atoms with Gasteiger partial charge in [-0.15, -0.1) is 0 Å². The van der Waals surface area contributed by atoms with Gasteiger partial charge in [0, 0.05) is 24.8 Å². The molecule has 0 aliphatic rings. The van der Waals surface area contributed by atoms with Crippen LogP contribution in [0, 0.1) is 19.7 Å². The van der Waals surface area contributed by atoms with Gasteiger partial charge >= 0.3 is 0 Å². The minimum atomic E-state index is -0.245. The van der Waals surface area contributed by atoms with Gasteiger partial charge in [0.25, 0.3) is 0 Å². The number of nitrogens with one attached hydrogen (secondary N) is 1. The van der Waals surface area contributed by atoms with E-state index in [2.05, 4.69) is 10.4 Å². The molecule has 0 aliphatic heterocycles. The molecule has 1 aromatic heterocycles. The fourth-order valence-corrected chi connectivity index (χ4v) is 2.29. The van der Waals surface area contributed by atoms with E-state index in [1.165, 1.54) is 12.1 Å². The predicted octanol–water partition coefficient (Wildman–Crippen LogP) is 2.08. The number of benzene rings is 1. The third-order valence-electron chi connectivity index (χ3n) is 3.65. The van der Waals surface area contributed by atoms with Crippen molar-refractivity contribution in [2.24, 2.45) is 7.05 Å². The third-order valence-corrected chi connectivity index (χ3v) is 3.65. The fraction of sp³-hybridized carbons (Fsp3) is 0.375. The Kier molecular flexibility index (Phi) is 4.73. The van der Waals surface area contributed by atoms with Crippen molar-refractivity contribution in [3.05, 3.63) is 52.6 Å². The van der Waals surface area contributed by atoms with Crippen molar-refractivity contribution in [2.75, 3.05) is 6.54 Å². The van der Waals surface area contributed by atoms with Crippen LogP contribution < -0.4 is 5.32 Å². The predicted molar refractivity (Wildman–Crippen MR) is 79.5 cm³/mol. The number of carbonyl (C=O) groups is 1. The van der Waals surface area contributed by atoms with Gasteiger partial charge in [0.05, 0.1) is 12.1 Å². The molecule has 0 aliphatic carbocycles. The fourth-order valence-electron chi connectivity index (χ4n) is 2.29. The standard InChI is InChI=1S/C16H20FN3O/c1-11-15(12(2)20(3)19-11)10-16(21)18-9-8-13-4-6-14(17)7-5-13/h4-7H,8-10H2,1-3H3,(H,18,21). The Morgan fingerprint density at radius 3 is 2.52 bits per heavy atom. The van der Waals surface area contributed by atoms with Crippen molar-refractivity contribution in [2.45, 2.75) is 26.7 Å². The zero-order valence-corrected chi connectivity index (χ0v) is 12.6. The highest BCUT2D eigenvalue weighted by Crippen LogP contribution is 2.12. The molecule has 0 fully saturated rings. The number of amides is 1. The number of halogens is 1. The highest BCUT2D eigenvalue weighted by atomic mass is 19.1. The zero-order valence-electron chi connectivity index (χ0n) is 12.6. The summed E-state index contributed by atoms with van der Waals surface area (Å²) < 4.78 is 14.6. The number of hydrogen-bond donors (Lipinski definition) is 1. The average molecular weight is 289 g/mol. The van der Waals surface area contributed by atoms with E-state index in [0.29, 0.717) is 19.4 Å². The number of carbonyl (C=O) groups excluding carboxylic acids is 1. The van der Waals surface area contributed by atoms with E-state index in [4.69, 9.17) is 0 Å². The molecule has 1 N–H and O–H groups in total. The maximum absolute atomic E-state index is 12.8. The van der Waals surface area contributed by atoms with Gasteiger partial charge in [-0.05, 0) is 38.0 Å². The van der Waals surface area contributed by atoms with Crippen LogP contribution in [0.3, 0.4) is 0 Å². The largest absolute Gasteiger partial charge is 0.355 e. The lowest BCUT2D eigenvalue weighted by atomic mass is 10.1. The van der Waals surface area contributed by atoms with Gasteiger partial charge in [-0.1, -0.05) is 12.1 Å². The van der Waals surface area contributed by atoms with Crippen molar-refractivity contribution in [3.8, 4) is 0 Å². The van der Waals surface area contributed by atoms with Crippen LogP contribution in [0.25, 0.3) is 0 Å². The molecule has 21 heavy (non-hydrogen) atoms. The first-order valence-electron chi connectivity index (χ1n) is 6.97. The summed E-state index contributed by atoms with van der Waals surface area (Å²) in [6.07, 6.45) is 1.03. The molecule has 0 spiro atoms. The van der Waals surface area contributed by atoms with Crippen molar-refractivity contribution in [1.82, 2.24) is 15.1 Å². The number of aromatic nitrogens is 2. The second kappa shape index (κ2) is 6.52. The highest BCUT2D eigenvalue weighted by Gasteiger charge is 2.12. The Morgan fingerprint density at radius 2 is 1.95 bits per heavy atom. The van der Waals surface area contributed by atoms with E-state index in [9.17, 15) is 9.18 Å². The summed E-state index contributed by atoms with van der Waals surface area (Å²) in [5, 5.41) is 7.19. The van der Waals surface area contributed by atoms with E-state index in [0.717, 1.165) is 22.5 Å². The van der Waals surface area contributed by atoms with Crippen LogP contribution in [-0.4, -0.2) is 22.2 Å². The summed E-state index contributed by atoms with van der Waals surface area (Å²) >= 11 is 0. The van der Waals surface area contributed by atoms with Gasteiger partial charge in [0.15, 0.2) is 0 Å². The second-order valence-electron chi connectivity index (χ2n) is 5.18. The maximum Gasteiger partial charge on any atom is 0.224 e. The lowest BCUT2D eigenvalue weighted by Gasteiger charge is -2.06. The van der Waals surface area contributed by atoms with Gasteiger partial charge in [-0.2, -0.15) is 5.10 Å². The van der Waals surface area contributed by atoms with Crippen LogP contribution >= 0.6 is 0 Å². The summed E-state index contributed by atoms with van der Waals surface area (Å²) in [5.74, 6) is -0.262. The molecular formula is C16H20FN3O. The van der Waals surface area contributed by atoms with Crippen LogP contribution in [0.5, 0.6) is 0 Å². The monoisotopic (exact) mass is 289 g/mol. The van der Waals surface area contributed by atoms with Crippen LogP contribution in [0.1, 0.15) is 22.5 Å². The molecule has 2 aromatic rings. The highest BCUT2D eigenvalue weighted by molar-refractivity contribution is 5.79. The molecule has 0 radical (unpaired) electrons. The molecular weight excluding hydrogens is 269 g/mol. The summed E-state index contributed by atoms with van der Waals surface area (Å²) in [6.45, 7) is 4.41. The van der Waals surface area contributed by atoms with Gasteiger partial charge < -0.3 is 5.32 Å². The lowest BCUT2D eigenvalue weighted by molar-refractivity contribution is -0.120. The summed E-state index contributed by atoms with van der Waals surface area (Å²) in [7, 11) is 1.87. The van der Waals surface area contributed by atoms with Gasteiger partial charge in [-0.3, -0.25) is 9.48 Å². The average Bonchev–Trinajstić information content (AvgIpc) is 2.68. The van der Waals surface area contributed by atoms with Crippen molar-refractivity contribution in [1.29, 1.82) is 0 Å². The Bertz CT molecular complexity index is 632. The number of rotatable bonds is 5. The van der Waals surface area contributed by atoms with Crippen LogP contribution in [0.4, 0.5) is 4.39 Å². The van der Waals surface area contributed by atoms with Crippen LogP contribution in [0.15, 0.2) is 24.3 Å². The number of nitrogens with zero attached hydrogens (tertiary/aromatic N) is 2. The van der Waals surface area contributed by atoms with Gasteiger partial charge in [0.2, 0.25) is 5.91 Å². The molecule has 1 aromatic carbocycles. The first-order chi connectivity index (χ1) is 9.97. The SMILES string of the molecule is Cc1nn(C)c(C)c1CC(=O)NCCc1ccc(F)cc1. The smallest absolute Gasteiger partial charge is 0.224 e. The molecule has 0 saturated heterocycles. The van der Waals surface area contributed by atoms with Crippen molar-refractivity contribution >= 4 is 5.91 Å². The second-order valence-corrected chi connectivity index (χ2v) is 5.18. The van der Waals surface area contributed by atoms with Gasteiger partial charge in [0.1, 0.15) is 5.82 Å². The molecule has 1 heterocycles. The van der Waals surface area contributed by atoms with E-state index in [1.54, 1.807) is 16.8 Å². The topological polar surface area (TPSA) is 46.9 Å². The lowest BCUT2D eigenvalue weighted by Crippen LogP contribution is -2.27. The summed E-state index contributed by atoms with van der Waals surface area (Å²) in [4.78, 5) is 12.0. The molecule has 0 unspecified atom stereocenters. The zero-order chi connectivity index (χ0) is 15.4. The van der Waals surface area contributed by atoms with E-state index < -0.39 is 0 Å². The Hall–Kier alpha value is -2.17. The van der Waals surface area contributed by atoms with Crippen molar-refractivity contribution in [3.63, 3.8) is 0 Å². The number of aryl methyl sites for hydroxylation is 2. The van der Waals surface area contributed by atoms with Crippen molar-refractivity contribution < 1.29 is 9.18 Å². The van der Waals surface area contributed by atoms with Crippen LogP contribution in [0.2, 0.25) is 0 Å². The first-order valence-corrected chi connectivity index (χ1v) is 6.97. The molecule has 4 nitrogen and oxygen atoms in total. The van der Waals surface area contributed by atoms with Gasteiger partial charge in [-0.25, -0.2) is 4.39 Å². The molecule has 112 valence electrons. The molecule has 1 amide bonds. The minimum Gasteiger partial charge on any atom is -0.355 e. The minimum absolute atomic E-state index is 0.0173.